The topological polar surface area (TPSA) is 12.0 Å². The molecule has 1 nitrogen and oxygen atoms in total. The Bertz CT molecular complexity index is 248. The van der Waals surface area contributed by atoms with Gasteiger partial charge < -0.3 is 5.32 Å². The molecular formula is C18H35N. The smallest absolute Gasteiger partial charge is 0.00179 e. The molecule has 0 saturated heterocycles. The fourth-order valence-electron chi connectivity index (χ4n) is 4.74. The summed E-state index contributed by atoms with van der Waals surface area (Å²) in [6.45, 7) is 9.54. The second-order valence-electron chi connectivity index (χ2n) is 7.35. The maximum absolute atomic E-state index is 3.63. The normalized spacial score (nSPS) is 40.3. The molecule has 0 radical (unpaired) electrons. The largest absolute Gasteiger partial charge is 0.317 e. The van der Waals surface area contributed by atoms with E-state index in [0.29, 0.717) is 0 Å². The van der Waals surface area contributed by atoms with Gasteiger partial charge in [-0.1, -0.05) is 52.9 Å². The second-order valence-corrected chi connectivity index (χ2v) is 7.35. The van der Waals surface area contributed by atoms with E-state index in [1.807, 2.05) is 0 Å². The SMILES string of the molecule is CCNCC1CCC(C)CC1C1CCCC(CC)C1. The van der Waals surface area contributed by atoms with E-state index in [9.17, 15) is 0 Å². The molecule has 0 amide bonds. The van der Waals surface area contributed by atoms with Crippen molar-refractivity contribution in [3.63, 3.8) is 0 Å². The molecule has 2 aliphatic rings. The predicted molar refractivity (Wildman–Crippen MR) is 84.3 cm³/mol. The summed E-state index contributed by atoms with van der Waals surface area (Å²) in [5, 5.41) is 3.63. The van der Waals surface area contributed by atoms with Crippen LogP contribution in [0.5, 0.6) is 0 Å². The van der Waals surface area contributed by atoms with Gasteiger partial charge in [-0.2, -0.15) is 0 Å². The molecule has 0 aromatic rings. The molecule has 2 aliphatic carbocycles. The van der Waals surface area contributed by atoms with Gasteiger partial charge in [0.2, 0.25) is 0 Å². The van der Waals surface area contributed by atoms with Gasteiger partial charge in [0.1, 0.15) is 0 Å². The van der Waals surface area contributed by atoms with E-state index in [1.54, 1.807) is 0 Å². The van der Waals surface area contributed by atoms with Crippen molar-refractivity contribution in [3.8, 4) is 0 Å². The van der Waals surface area contributed by atoms with Gasteiger partial charge in [0.05, 0.1) is 0 Å². The maximum atomic E-state index is 3.63. The molecule has 5 unspecified atom stereocenters. The van der Waals surface area contributed by atoms with Crippen LogP contribution in [0.3, 0.4) is 0 Å². The standard InChI is InChI=1S/C18H35N/c1-4-15-7-6-8-16(12-15)18-11-14(3)9-10-17(18)13-19-5-2/h14-19H,4-13H2,1-3H3. The summed E-state index contributed by atoms with van der Waals surface area (Å²) in [5.41, 5.74) is 0. The van der Waals surface area contributed by atoms with Crippen LogP contribution in [0.25, 0.3) is 0 Å². The van der Waals surface area contributed by atoms with Crippen molar-refractivity contribution in [1.82, 2.24) is 5.32 Å². The minimum atomic E-state index is 0.969. The van der Waals surface area contributed by atoms with Crippen molar-refractivity contribution in [1.29, 1.82) is 0 Å². The highest BCUT2D eigenvalue weighted by Gasteiger charge is 2.36. The summed E-state index contributed by atoms with van der Waals surface area (Å²) in [6, 6.07) is 0. The van der Waals surface area contributed by atoms with E-state index >= 15 is 0 Å². The van der Waals surface area contributed by atoms with Gasteiger partial charge in [-0.15, -0.1) is 0 Å². The van der Waals surface area contributed by atoms with Gasteiger partial charge in [-0.3, -0.25) is 0 Å². The third-order valence-corrected chi connectivity index (χ3v) is 5.97. The Balaban J connectivity index is 1.95. The predicted octanol–water partition coefficient (Wildman–Crippen LogP) is 4.86. The van der Waals surface area contributed by atoms with Crippen LogP contribution in [0.4, 0.5) is 0 Å². The van der Waals surface area contributed by atoms with Gasteiger partial charge in [0.15, 0.2) is 0 Å². The van der Waals surface area contributed by atoms with Crippen LogP contribution < -0.4 is 5.32 Å². The van der Waals surface area contributed by atoms with E-state index in [-0.39, 0.29) is 0 Å². The zero-order chi connectivity index (χ0) is 13.7. The molecule has 0 spiro atoms. The van der Waals surface area contributed by atoms with Crippen LogP contribution in [0, 0.1) is 29.6 Å². The molecule has 0 heterocycles. The molecule has 19 heavy (non-hydrogen) atoms. The monoisotopic (exact) mass is 265 g/mol. The molecule has 2 saturated carbocycles. The van der Waals surface area contributed by atoms with Crippen molar-refractivity contribution in [2.45, 2.75) is 72.1 Å². The van der Waals surface area contributed by atoms with Gasteiger partial charge in [-0.05, 0) is 61.9 Å². The number of hydrogen-bond donors (Lipinski definition) is 1. The van der Waals surface area contributed by atoms with Crippen molar-refractivity contribution < 1.29 is 0 Å². The average molecular weight is 265 g/mol. The number of hydrogen-bond acceptors (Lipinski definition) is 1. The van der Waals surface area contributed by atoms with Crippen LogP contribution in [0.15, 0.2) is 0 Å². The molecular weight excluding hydrogens is 230 g/mol. The average Bonchev–Trinajstić information content (AvgIpc) is 2.46. The Hall–Kier alpha value is -0.0400. The van der Waals surface area contributed by atoms with Gasteiger partial charge in [0, 0.05) is 0 Å². The highest BCUT2D eigenvalue weighted by Crippen LogP contribution is 2.45. The lowest BCUT2D eigenvalue weighted by Crippen LogP contribution is -2.38. The highest BCUT2D eigenvalue weighted by atomic mass is 14.8. The summed E-state index contributed by atoms with van der Waals surface area (Å²) in [4.78, 5) is 0. The number of nitrogens with one attached hydrogen (secondary N) is 1. The Morgan fingerprint density at radius 2 is 1.84 bits per heavy atom. The molecule has 0 aromatic carbocycles. The Morgan fingerprint density at radius 1 is 1.00 bits per heavy atom. The lowest BCUT2D eigenvalue weighted by molar-refractivity contribution is 0.0832. The van der Waals surface area contributed by atoms with Gasteiger partial charge in [-0.25, -0.2) is 0 Å². The zero-order valence-electron chi connectivity index (χ0n) is 13.5. The maximum Gasteiger partial charge on any atom is -0.00179 e. The molecule has 1 N–H and O–H groups in total. The summed E-state index contributed by atoms with van der Waals surface area (Å²) >= 11 is 0. The first-order valence-corrected chi connectivity index (χ1v) is 8.95. The zero-order valence-corrected chi connectivity index (χ0v) is 13.5. The molecule has 112 valence electrons. The third kappa shape index (κ3) is 4.21. The van der Waals surface area contributed by atoms with Crippen LogP contribution in [0.2, 0.25) is 0 Å². The summed E-state index contributed by atoms with van der Waals surface area (Å²) in [5.74, 6) is 5.06. The first-order valence-electron chi connectivity index (χ1n) is 8.95. The molecule has 2 rings (SSSR count). The highest BCUT2D eigenvalue weighted by molar-refractivity contribution is 4.87. The van der Waals surface area contributed by atoms with Crippen LogP contribution >= 0.6 is 0 Å². The molecule has 2 fully saturated rings. The molecule has 0 bridgehead atoms. The van der Waals surface area contributed by atoms with Crippen LogP contribution in [-0.4, -0.2) is 13.1 Å². The minimum absolute atomic E-state index is 0.969. The van der Waals surface area contributed by atoms with Crippen molar-refractivity contribution in [3.05, 3.63) is 0 Å². The fourth-order valence-corrected chi connectivity index (χ4v) is 4.74. The summed E-state index contributed by atoms with van der Waals surface area (Å²) < 4.78 is 0. The third-order valence-electron chi connectivity index (χ3n) is 5.97. The lowest BCUT2D eigenvalue weighted by Gasteiger charge is -2.43. The Morgan fingerprint density at radius 3 is 2.58 bits per heavy atom. The minimum Gasteiger partial charge on any atom is -0.317 e. The first kappa shape index (κ1) is 15.4. The quantitative estimate of drug-likeness (QED) is 0.748. The summed E-state index contributed by atoms with van der Waals surface area (Å²) in [7, 11) is 0. The van der Waals surface area contributed by atoms with E-state index in [4.69, 9.17) is 0 Å². The van der Waals surface area contributed by atoms with E-state index in [1.165, 1.54) is 57.9 Å². The van der Waals surface area contributed by atoms with Crippen LogP contribution in [-0.2, 0) is 0 Å². The van der Waals surface area contributed by atoms with Gasteiger partial charge >= 0.3 is 0 Å². The Labute approximate surface area is 120 Å². The molecule has 0 aromatic heterocycles. The molecule has 5 atom stereocenters. The van der Waals surface area contributed by atoms with E-state index < -0.39 is 0 Å². The van der Waals surface area contributed by atoms with E-state index in [2.05, 4.69) is 26.1 Å². The molecule has 0 aliphatic heterocycles. The second kappa shape index (κ2) is 7.67. The summed E-state index contributed by atoms with van der Waals surface area (Å²) in [6.07, 6.45) is 11.9. The van der Waals surface area contributed by atoms with Crippen LogP contribution in [0.1, 0.15) is 72.1 Å². The van der Waals surface area contributed by atoms with E-state index in [0.717, 1.165) is 36.1 Å². The molecule has 1 heteroatoms. The van der Waals surface area contributed by atoms with Crippen molar-refractivity contribution >= 4 is 0 Å². The number of rotatable bonds is 5. The first-order chi connectivity index (χ1) is 9.24. The van der Waals surface area contributed by atoms with Gasteiger partial charge in [0.25, 0.3) is 0 Å². The Kier molecular flexibility index (Phi) is 6.19. The van der Waals surface area contributed by atoms with Crippen molar-refractivity contribution in [2.75, 3.05) is 13.1 Å². The fraction of sp³-hybridized carbons (Fsp3) is 1.00. The van der Waals surface area contributed by atoms with Crippen molar-refractivity contribution in [2.24, 2.45) is 29.6 Å². The lowest BCUT2D eigenvalue weighted by atomic mass is 9.64.